The molecule has 0 aliphatic heterocycles. The summed E-state index contributed by atoms with van der Waals surface area (Å²) in [5, 5.41) is 18.3. The first kappa shape index (κ1) is 8.64. The first-order chi connectivity index (χ1) is 6.34. The van der Waals surface area contributed by atoms with E-state index >= 15 is 0 Å². The van der Waals surface area contributed by atoms with E-state index in [9.17, 15) is 0 Å². The van der Waals surface area contributed by atoms with Gasteiger partial charge in [0.1, 0.15) is 0 Å². The van der Waals surface area contributed by atoms with Gasteiger partial charge in [-0.1, -0.05) is 11.3 Å². The Morgan fingerprint density at radius 1 is 1.54 bits per heavy atom. The number of aromatic nitrogens is 4. The van der Waals surface area contributed by atoms with Gasteiger partial charge in [0, 0.05) is 6.20 Å². The number of nitrogens with zero attached hydrogens (tertiary/aromatic N) is 3. The van der Waals surface area contributed by atoms with E-state index in [0.717, 1.165) is 14.7 Å². The standard InChI is InChI=1S/C6H6BrN5S/c7-5-11-12-6(13-5)8-3-4-1-2-9-10-4/h1-2H,3H2,(H,8,12)(H,9,10). The molecule has 0 spiro atoms. The molecule has 0 radical (unpaired) electrons. The third-order valence-corrected chi connectivity index (χ3v) is 2.70. The number of halogens is 1. The molecule has 2 aromatic heterocycles. The van der Waals surface area contributed by atoms with Crippen LogP contribution in [0, 0.1) is 0 Å². The number of hydrogen-bond donors (Lipinski definition) is 2. The Balaban J connectivity index is 1.93. The Hall–Kier alpha value is -0.950. The molecule has 0 unspecified atom stereocenters. The van der Waals surface area contributed by atoms with Crippen molar-refractivity contribution < 1.29 is 0 Å². The zero-order valence-electron chi connectivity index (χ0n) is 6.49. The quantitative estimate of drug-likeness (QED) is 0.880. The molecule has 5 nitrogen and oxygen atoms in total. The van der Waals surface area contributed by atoms with Crippen molar-refractivity contribution in [2.24, 2.45) is 0 Å². The Morgan fingerprint density at radius 3 is 3.08 bits per heavy atom. The van der Waals surface area contributed by atoms with Crippen molar-refractivity contribution in [3.63, 3.8) is 0 Å². The van der Waals surface area contributed by atoms with E-state index in [2.05, 4.69) is 41.6 Å². The van der Waals surface area contributed by atoms with Gasteiger partial charge in [0.25, 0.3) is 0 Å². The Morgan fingerprint density at radius 2 is 2.46 bits per heavy atom. The summed E-state index contributed by atoms with van der Waals surface area (Å²) in [5.74, 6) is 0. The van der Waals surface area contributed by atoms with Gasteiger partial charge >= 0.3 is 0 Å². The number of H-pyrrole nitrogens is 1. The fourth-order valence-corrected chi connectivity index (χ4v) is 1.84. The predicted octanol–water partition coefficient (Wildman–Crippen LogP) is 1.64. The van der Waals surface area contributed by atoms with Gasteiger partial charge in [-0.15, -0.1) is 10.2 Å². The van der Waals surface area contributed by atoms with E-state index in [4.69, 9.17) is 0 Å². The first-order valence-corrected chi connectivity index (χ1v) is 5.16. The number of rotatable bonds is 3. The Bertz CT molecular complexity index is 370. The fraction of sp³-hybridized carbons (Fsp3) is 0.167. The van der Waals surface area contributed by atoms with Gasteiger partial charge in [0.2, 0.25) is 5.13 Å². The fourth-order valence-electron chi connectivity index (χ4n) is 0.831. The zero-order valence-corrected chi connectivity index (χ0v) is 8.89. The van der Waals surface area contributed by atoms with Crippen LogP contribution in [0.3, 0.4) is 0 Å². The molecule has 13 heavy (non-hydrogen) atoms. The minimum Gasteiger partial charge on any atom is -0.354 e. The predicted molar refractivity (Wildman–Crippen MR) is 53.5 cm³/mol. The minimum absolute atomic E-state index is 0.682. The summed E-state index contributed by atoms with van der Waals surface area (Å²) in [6.45, 7) is 0.682. The lowest BCUT2D eigenvalue weighted by atomic mass is 10.4. The van der Waals surface area contributed by atoms with Crippen LogP contribution in [-0.2, 0) is 6.54 Å². The van der Waals surface area contributed by atoms with Crippen LogP contribution in [0.1, 0.15) is 5.69 Å². The molecule has 0 bridgehead atoms. The second-order valence-electron chi connectivity index (χ2n) is 2.30. The highest BCUT2D eigenvalue weighted by Gasteiger charge is 2.00. The highest BCUT2D eigenvalue weighted by atomic mass is 79.9. The third kappa shape index (κ3) is 2.25. The number of nitrogens with one attached hydrogen (secondary N) is 2. The van der Waals surface area contributed by atoms with Crippen LogP contribution in [0.5, 0.6) is 0 Å². The molecule has 0 saturated heterocycles. The van der Waals surface area contributed by atoms with Crippen molar-refractivity contribution in [3.05, 3.63) is 21.9 Å². The molecule has 0 saturated carbocycles. The normalized spacial score (nSPS) is 10.2. The van der Waals surface area contributed by atoms with Crippen LogP contribution in [0.25, 0.3) is 0 Å². The van der Waals surface area contributed by atoms with Gasteiger partial charge in [-0.3, -0.25) is 5.10 Å². The zero-order chi connectivity index (χ0) is 9.10. The maximum atomic E-state index is 3.89. The Kier molecular flexibility index (Phi) is 2.55. The summed E-state index contributed by atoms with van der Waals surface area (Å²) in [4.78, 5) is 0. The SMILES string of the molecule is Brc1nnc(NCc2ccn[nH]2)s1. The van der Waals surface area contributed by atoms with Gasteiger partial charge < -0.3 is 5.32 Å². The van der Waals surface area contributed by atoms with Crippen LogP contribution in [-0.4, -0.2) is 20.4 Å². The van der Waals surface area contributed by atoms with Crippen molar-refractivity contribution in [3.8, 4) is 0 Å². The maximum absolute atomic E-state index is 3.89. The molecule has 0 aliphatic rings. The molecule has 2 aromatic rings. The molecular formula is C6H6BrN5S. The molecule has 0 atom stereocenters. The van der Waals surface area contributed by atoms with Crippen LogP contribution in [0.15, 0.2) is 16.2 Å². The highest BCUT2D eigenvalue weighted by molar-refractivity contribution is 9.11. The minimum atomic E-state index is 0.682. The molecule has 2 N–H and O–H groups in total. The summed E-state index contributed by atoms with van der Waals surface area (Å²) < 4.78 is 0.777. The topological polar surface area (TPSA) is 66.5 Å². The smallest absolute Gasteiger partial charge is 0.206 e. The summed E-state index contributed by atoms with van der Waals surface area (Å²) in [5.41, 5.74) is 1.02. The third-order valence-electron chi connectivity index (χ3n) is 1.39. The van der Waals surface area contributed by atoms with Crippen molar-refractivity contribution in [2.45, 2.75) is 6.54 Å². The second kappa shape index (κ2) is 3.84. The van der Waals surface area contributed by atoms with E-state index < -0.39 is 0 Å². The molecular weight excluding hydrogens is 254 g/mol. The van der Waals surface area contributed by atoms with Crippen molar-refractivity contribution in [2.75, 3.05) is 5.32 Å². The molecule has 0 amide bonds. The molecule has 2 rings (SSSR count). The van der Waals surface area contributed by atoms with Gasteiger partial charge in [0.15, 0.2) is 3.92 Å². The largest absolute Gasteiger partial charge is 0.354 e. The highest BCUT2D eigenvalue weighted by Crippen LogP contribution is 2.20. The Labute approximate surface area is 86.7 Å². The van der Waals surface area contributed by atoms with Gasteiger partial charge in [-0.2, -0.15) is 5.10 Å². The van der Waals surface area contributed by atoms with Gasteiger partial charge in [-0.25, -0.2) is 0 Å². The molecule has 0 fully saturated rings. The summed E-state index contributed by atoms with van der Waals surface area (Å²) in [7, 11) is 0. The lowest BCUT2D eigenvalue weighted by molar-refractivity contribution is 0.968. The van der Waals surface area contributed by atoms with Crippen molar-refractivity contribution >= 4 is 32.4 Å². The van der Waals surface area contributed by atoms with Gasteiger partial charge in [-0.05, 0) is 22.0 Å². The van der Waals surface area contributed by atoms with E-state index in [1.807, 2.05) is 6.07 Å². The average Bonchev–Trinajstić information content (AvgIpc) is 2.71. The molecule has 68 valence electrons. The van der Waals surface area contributed by atoms with E-state index in [1.165, 1.54) is 11.3 Å². The lowest BCUT2D eigenvalue weighted by Crippen LogP contribution is -1.99. The van der Waals surface area contributed by atoms with Crippen LogP contribution < -0.4 is 5.32 Å². The number of aromatic amines is 1. The molecule has 2 heterocycles. The molecule has 0 aromatic carbocycles. The molecule has 7 heteroatoms. The van der Waals surface area contributed by atoms with Crippen molar-refractivity contribution in [1.29, 1.82) is 0 Å². The second-order valence-corrected chi connectivity index (χ2v) is 4.55. The van der Waals surface area contributed by atoms with Crippen LogP contribution in [0.2, 0.25) is 0 Å². The lowest BCUT2D eigenvalue weighted by Gasteiger charge is -1.96. The maximum Gasteiger partial charge on any atom is 0.206 e. The van der Waals surface area contributed by atoms with Crippen LogP contribution in [0.4, 0.5) is 5.13 Å². The number of hydrogen-bond acceptors (Lipinski definition) is 5. The summed E-state index contributed by atoms with van der Waals surface area (Å²) in [6.07, 6.45) is 1.72. The van der Waals surface area contributed by atoms with Crippen LogP contribution >= 0.6 is 27.3 Å². The first-order valence-electron chi connectivity index (χ1n) is 3.56. The van der Waals surface area contributed by atoms with E-state index in [1.54, 1.807) is 6.20 Å². The van der Waals surface area contributed by atoms with E-state index in [-0.39, 0.29) is 0 Å². The monoisotopic (exact) mass is 259 g/mol. The number of anilines is 1. The summed E-state index contributed by atoms with van der Waals surface area (Å²) in [6, 6.07) is 1.91. The van der Waals surface area contributed by atoms with Crippen molar-refractivity contribution in [1.82, 2.24) is 20.4 Å². The molecule has 0 aliphatic carbocycles. The summed E-state index contributed by atoms with van der Waals surface area (Å²) >= 11 is 4.69. The average molecular weight is 260 g/mol. The van der Waals surface area contributed by atoms with E-state index in [0.29, 0.717) is 6.54 Å². The van der Waals surface area contributed by atoms with Gasteiger partial charge in [0.05, 0.1) is 12.2 Å².